The molecule has 2 aromatic rings. The normalized spacial score (nSPS) is 10.0. The number of imidazole rings is 1. The molecule has 0 spiro atoms. The summed E-state index contributed by atoms with van der Waals surface area (Å²) in [5, 5.41) is 0. The van der Waals surface area contributed by atoms with Crippen LogP contribution in [0.25, 0.3) is 11.0 Å². The van der Waals surface area contributed by atoms with Crippen LogP contribution in [0.2, 0.25) is 0 Å². The molecule has 0 amide bonds. The van der Waals surface area contributed by atoms with Gasteiger partial charge in [-0.25, -0.2) is 9.13 Å². The zero-order valence-electron chi connectivity index (χ0n) is 7.92. The predicted octanol–water partition coefficient (Wildman–Crippen LogP) is -0.222. The molecule has 0 atom stereocenters. The summed E-state index contributed by atoms with van der Waals surface area (Å²) in [5.41, 5.74) is 2.55. The van der Waals surface area contributed by atoms with E-state index in [4.69, 9.17) is 0 Å². The Hall–Kier alpha value is 0.880. The van der Waals surface area contributed by atoms with E-state index in [2.05, 4.69) is 91.1 Å². The number of hydrogen-bond acceptors (Lipinski definition) is 0. The Bertz CT molecular complexity index is 375. The van der Waals surface area contributed by atoms with Crippen LogP contribution in [0.5, 0.6) is 0 Å². The number of para-hydroxylation sites is 2. The van der Waals surface area contributed by atoms with Gasteiger partial charge in [0.2, 0.25) is 6.33 Å². The fraction of sp³-hybridized carbons (Fsp3) is 0.222. The van der Waals surface area contributed by atoms with Crippen molar-refractivity contribution in [1.82, 2.24) is 4.57 Å². The van der Waals surface area contributed by atoms with Crippen LogP contribution in [-0.4, -0.2) is 4.57 Å². The number of hydrogen-bond donors (Lipinski definition) is 0. The van der Waals surface area contributed by atoms with Crippen molar-refractivity contribution >= 4 is 48.3 Å². The molecule has 0 aliphatic carbocycles. The predicted molar refractivity (Wildman–Crippen MR) is 72.1 cm³/mol. The van der Waals surface area contributed by atoms with Crippen molar-refractivity contribution < 1.29 is 17.8 Å². The Labute approximate surface area is 114 Å². The number of halogens is 3. The van der Waals surface area contributed by atoms with E-state index in [1.807, 2.05) is 0 Å². The molecule has 14 heavy (non-hydrogen) atoms. The average Bonchev–Trinajstić information content (AvgIpc) is 2.45. The van der Waals surface area contributed by atoms with Crippen LogP contribution < -0.4 is 17.8 Å². The van der Waals surface area contributed by atoms with Crippen LogP contribution in [0.15, 0.2) is 30.6 Å². The van der Waals surface area contributed by atoms with Gasteiger partial charge in [0.15, 0.2) is 11.0 Å². The second-order valence-corrected chi connectivity index (χ2v) is 19.1. The van der Waals surface area contributed by atoms with Crippen molar-refractivity contribution in [2.24, 2.45) is 14.1 Å². The van der Waals surface area contributed by atoms with Crippen molar-refractivity contribution in [3.05, 3.63) is 30.6 Å². The van der Waals surface area contributed by atoms with Gasteiger partial charge in [-0.3, -0.25) is 0 Å². The van der Waals surface area contributed by atoms with E-state index in [-0.39, 0.29) is 0 Å². The van der Waals surface area contributed by atoms with Gasteiger partial charge in [-0.15, -0.1) is 0 Å². The number of benzene rings is 1. The molecule has 0 radical (unpaired) electrons. The van der Waals surface area contributed by atoms with Gasteiger partial charge in [0, 0.05) is 0 Å². The molecule has 0 bridgehead atoms. The van der Waals surface area contributed by atoms with Crippen molar-refractivity contribution in [2.45, 2.75) is 0 Å². The molecular formula is C9H11I3N2. The summed E-state index contributed by atoms with van der Waals surface area (Å²) >= 11 is 5.30. The summed E-state index contributed by atoms with van der Waals surface area (Å²) in [6, 6.07) is 8.36. The first-order valence-corrected chi connectivity index (χ1v) is 16.5. The van der Waals surface area contributed by atoms with Crippen molar-refractivity contribution in [3.63, 3.8) is 0 Å². The maximum absolute atomic E-state index is 2.39. The van der Waals surface area contributed by atoms with Crippen LogP contribution >= 0.6 is 37.2 Å². The molecular weight excluding hydrogens is 517 g/mol. The minimum atomic E-state index is 0.530. The number of rotatable bonds is 0. The summed E-state index contributed by atoms with van der Waals surface area (Å²) in [6.07, 6.45) is 2.07. The Morgan fingerprint density at radius 2 is 1.86 bits per heavy atom. The van der Waals surface area contributed by atoms with E-state index in [9.17, 15) is 0 Å². The summed E-state index contributed by atoms with van der Waals surface area (Å²) in [7, 11) is 4.12. The first-order chi connectivity index (χ1) is 6.70. The maximum atomic E-state index is 2.39. The first kappa shape index (κ1) is 12.9. The molecule has 0 aliphatic rings. The molecule has 78 valence electrons. The van der Waals surface area contributed by atoms with Gasteiger partial charge >= 0.3 is 50.5 Å². The molecule has 0 saturated heterocycles. The number of fused-ring (bicyclic) bond motifs is 1. The SMILES string of the molecule is Cn1c[n+](C)c2ccccc21.I[I-]I. The molecule has 5 heteroatoms. The zero-order chi connectivity index (χ0) is 10.6. The van der Waals surface area contributed by atoms with E-state index in [1.54, 1.807) is 0 Å². The molecule has 2 rings (SSSR count). The van der Waals surface area contributed by atoms with Gasteiger partial charge in [0.05, 0.1) is 14.1 Å². The van der Waals surface area contributed by atoms with Crippen molar-refractivity contribution in [1.29, 1.82) is 0 Å². The van der Waals surface area contributed by atoms with Crippen molar-refractivity contribution in [3.8, 4) is 0 Å². The Kier molecular flexibility index (Phi) is 5.97. The molecule has 0 N–H and O–H groups in total. The summed E-state index contributed by atoms with van der Waals surface area (Å²) in [5.74, 6) is 0. The molecule has 0 fully saturated rings. The van der Waals surface area contributed by atoms with E-state index in [1.165, 1.54) is 11.0 Å². The van der Waals surface area contributed by atoms with Gasteiger partial charge in [0.25, 0.3) is 0 Å². The van der Waals surface area contributed by atoms with E-state index < -0.39 is 0 Å². The number of aryl methyl sites for hydroxylation is 2. The van der Waals surface area contributed by atoms with Crippen molar-refractivity contribution in [2.75, 3.05) is 0 Å². The molecule has 0 saturated carbocycles. The van der Waals surface area contributed by atoms with Gasteiger partial charge in [0.1, 0.15) is 0 Å². The number of nitrogens with zero attached hydrogens (tertiary/aromatic N) is 2. The zero-order valence-corrected chi connectivity index (χ0v) is 14.4. The van der Waals surface area contributed by atoms with Crippen LogP contribution in [0.4, 0.5) is 0 Å². The average molecular weight is 528 g/mol. The Morgan fingerprint density at radius 3 is 2.43 bits per heavy atom. The second kappa shape index (κ2) is 6.46. The molecule has 1 aromatic heterocycles. The third kappa shape index (κ3) is 3.19. The van der Waals surface area contributed by atoms with Crippen LogP contribution in [0.3, 0.4) is 0 Å². The fourth-order valence-corrected chi connectivity index (χ4v) is 1.44. The van der Waals surface area contributed by atoms with Crippen LogP contribution in [0.1, 0.15) is 0 Å². The van der Waals surface area contributed by atoms with Gasteiger partial charge in [-0.2, -0.15) is 0 Å². The van der Waals surface area contributed by atoms with Crippen LogP contribution in [0, 0.1) is 0 Å². The summed E-state index contributed by atoms with van der Waals surface area (Å²) in [6.45, 7) is 0. The summed E-state index contributed by atoms with van der Waals surface area (Å²) < 4.78 is 4.24. The van der Waals surface area contributed by atoms with E-state index in [0.29, 0.717) is 13.3 Å². The van der Waals surface area contributed by atoms with Crippen LogP contribution in [-0.2, 0) is 14.1 Å². The molecule has 0 aliphatic heterocycles. The van der Waals surface area contributed by atoms with Gasteiger partial charge in [-0.05, 0) is 12.1 Å². The first-order valence-electron chi connectivity index (χ1n) is 3.97. The van der Waals surface area contributed by atoms with Gasteiger partial charge < -0.3 is 0 Å². The molecule has 0 unspecified atom stereocenters. The monoisotopic (exact) mass is 528 g/mol. The Morgan fingerprint density at radius 1 is 1.29 bits per heavy atom. The fourth-order valence-electron chi connectivity index (χ4n) is 1.44. The quantitative estimate of drug-likeness (QED) is 0.331. The topological polar surface area (TPSA) is 8.81 Å². The second-order valence-electron chi connectivity index (χ2n) is 2.88. The van der Waals surface area contributed by atoms with E-state index in [0.717, 1.165) is 0 Å². The third-order valence-electron chi connectivity index (χ3n) is 1.99. The minimum absolute atomic E-state index is 0.530. The third-order valence-corrected chi connectivity index (χ3v) is 1.99. The Balaban J connectivity index is 0.000000293. The van der Waals surface area contributed by atoms with E-state index >= 15 is 0 Å². The van der Waals surface area contributed by atoms with Gasteiger partial charge in [-0.1, -0.05) is 12.1 Å². The molecule has 1 heterocycles. The standard InChI is InChI=1S/C9H11N2.I3/c1-10-7-11(2)9-6-4-3-5-8(9)10;1-3-2/h3-7H,1-2H3;/q+1;-1. The number of aromatic nitrogens is 2. The molecule has 1 aromatic carbocycles. The molecule has 2 nitrogen and oxygen atoms in total. The summed E-state index contributed by atoms with van der Waals surface area (Å²) in [4.78, 5) is 0.